The lowest BCUT2D eigenvalue weighted by atomic mass is 10.3. The molecule has 0 bridgehead atoms. The van der Waals surface area contributed by atoms with Crippen molar-refractivity contribution in [1.29, 1.82) is 0 Å². The van der Waals surface area contributed by atoms with E-state index in [4.69, 9.17) is 0 Å². The molecule has 0 amide bonds. The maximum atomic E-state index is 12.4. The van der Waals surface area contributed by atoms with E-state index in [9.17, 15) is 4.39 Å². The molecule has 0 radical (unpaired) electrons. The number of hydrogen-bond acceptors (Lipinski definition) is 1. The van der Waals surface area contributed by atoms with Gasteiger partial charge in [-0.25, -0.2) is 0 Å². The maximum Gasteiger partial charge on any atom is 0.272 e. The fourth-order valence-electron chi connectivity index (χ4n) is 0.418. The van der Waals surface area contributed by atoms with Gasteiger partial charge in [0.25, 0.3) is 6.01 Å². The van der Waals surface area contributed by atoms with Crippen LogP contribution in [0.25, 0.3) is 0 Å². The van der Waals surface area contributed by atoms with E-state index in [-0.39, 0.29) is 0 Å². The zero-order chi connectivity index (χ0) is 7.98. The van der Waals surface area contributed by atoms with E-state index < -0.39 is 6.01 Å². The minimum Gasteiger partial charge on any atom is -0.471 e. The second-order valence-corrected chi connectivity index (χ2v) is 2.15. The topological polar surface area (TPSA) is 9.23 Å². The zero-order valence-electron chi connectivity index (χ0n) is 6.65. The summed E-state index contributed by atoms with van der Waals surface area (Å²) in [5, 5.41) is 0. The summed E-state index contributed by atoms with van der Waals surface area (Å²) in [6.45, 7) is 5.92. The molecule has 0 saturated carbocycles. The van der Waals surface area contributed by atoms with Crippen LogP contribution in [0.2, 0.25) is 0 Å². The van der Waals surface area contributed by atoms with Crippen molar-refractivity contribution >= 4 is 0 Å². The highest BCUT2D eigenvalue weighted by molar-refractivity contribution is 5.08. The molecular weight excluding hydrogens is 131 g/mol. The monoisotopic (exact) mass is 144 g/mol. The van der Waals surface area contributed by atoms with E-state index >= 15 is 0 Å². The Bertz CT molecular complexity index is 143. The lowest BCUT2D eigenvalue weighted by Crippen LogP contribution is -1.83. The summed E-state index contributed by atoms with van der Waals surface area (Å²) >= 11 is 0. The highest BCUT2D eigenvalue weighted by Crippen LogP contribution is 2.00. The van der Waals surface area contributed by atoms with Gasteiger partial charge in [-0.2, -0.15) is 4.39 Å². The molecule has 0 unspecified atom stereocenters. The highest BCUT2D eigenvalue weighted by Gasteiger charge is 1.87. The van der Waals surface area contributed by atoms with Gasteiger partial charge in [-0.05, 0) is 20.8 Å². The van der Waals surface area contributed by atoms with Gasteiger partial charge in [0.2, 0.25) is 0 Å². The zero-order valence-corrected chi connectivity index (χ0v) is 6.65. The van der Waals surface area contributed by atoms with Crippen LogP contribution in [-0.2, 0) is 4.74 Å². The molecule has 0 rings (SSSR count). The summed E-state index contributed by atoms with van der Waals surface area (Å²) in [5.41, 5.74) is 1.05. The molecule has 0 aliphatic carbocycles. The van der Waals surface area contributed by atoms with Crippen molar-refractivity contribution in [1.82, 2.24) is 0 Å². The third-order valence-electron chi connectivity index (χ3n) is 0.830. The fourth-order valence-corrected chi connectivity index (χ4v) is 0.418. The lowest BCUT2D eigenvalue weighted by Gasteiger charge is -1.94. The van der Waals surface area contributed by atoms with Gasteiger partial charge in [0.15, 0.2) is 0 Å². The van der Waals surface area contributed by atoms with Gasteiger partial charge < -0.3 is 4.74 Å². The summed E-state index contributed by atoms with van der Waals surface area (Å²) in [6.07, 6.45) is 2.99. The third-order valence-corrected chi connectivity index (χ3v) is 0.830. The molecule has 0 atom stereocenters. The maximum absolute atomic E-state index is 12.4. The van der Waals surface area contributed by atoms with E-state index in [1.807, 2.05) is 13.8 Å². The summed E-state index contributed by atoms with van der Waals surface area (Å²) < 4.78 is 16.9. The smallest absolute Gasteiger partial charge is 0.272 e. The first kappa shape index (κ1) is 9.21. The summed E-state index contributed by atoms with van der Waals surface area (Å²) in [4.78, 5) is 0. The lowest BCUT2D eigenvalue weighted by molar-refractivity contribution is 0.158. The quantitative estimate of drug-likeness (QED) is 0.437. The Kier molecular flexibility index (Phi) is 4.63. The second kappa shape index (κ2) is 5.03. The van der Waals surface area contributed by atoms with Gasteiger partial charge in [-0.3, -0.25) is 0 Å². The second-order valence-electron chi connectivity index (χ2n) is 2.15. The Morgan fingerprint density at radius 2 is 2.00 bits per heavy atom. The molecule has 0 heterocycles. The van der Waals surface area contributed by atoms with Crippen LogP contribution in [0.15, 0.2) is 23.7 Å². The first-order chi connectivity index (χ1) is 4.66. The molecule has 0 N–H and O–H groups in total. The molecule has 0 aromatic heterocycles. The number of rotatable bonds is 3. The van der Waals surface area contributed by atoms with Gasteiger partial charge >= 0.3 is 0 Å². The van der Waals surface area contributed by atoms with Crippen molar-refractivity contribution < 1.29 is 9.13 Å². The van der Waals surface area contributed by atoms with Crippen LogP contribution in [0.5, 0.6) is 0 Å². The number of allylic oxidation sites excluding steroid dienone is 3. The van der Waals surface area contributed by atoms with Crippen molar-refractivity contribution in [3.8, 4) is 0 Å². The van der Waals surface area contributed by atoms with Gasteiger partial charge in [0.05, 0.1) is 6.61 Å². The van der Waals surface area contributed by atoms with Crippen LogP contribution in [0.4, 0.5) is 4.39 Å². The molecule has 1 nitrogen and oxygen atoms in total. The molecular formula is C8H13FO. The number of halogens is 1. The average molecular weight is 144 g/mol. The van der Waals surface area contributed by atoms with Crippen molar-refractivity contribution in [2.45, 2.75) is 20.8 Å². The van der Waals surface area contributed by atoms with Gasteiger partial charge in [-0.1, -0.05) is 11.6 Å². The van der Waals surface area contributed by atoms with Crippen LogP contribution >= 0.6 is 0 Å². The van der Waals surface area contributed by atoms with Crippen LogP contribution in [0, 0.1) is 0 Å². The molecule has 0 aromatic carbocycles. The van der Waals surface area contributed by atoms with Crippen LogP contribution in [-0.4, -0.2) is 6.61 Å². The van der Waals surface area contributed by atoms with E-state index in [0.717, 1.165) is 5.57 Å². The van der Waals surface area contributed by atoms with E-state index in [2.05, 4.69) is 4.74 Å². The molecule has 0 spiro atoms. The summed E-state index contributed by atoms with van der Waals surface area (Å²) in [6, 6.07) is -0.524. The van der Waals surface area contributed by atoms with Crippen LogP contribution in [0.1, 0.15) is 20.8 Å². The SMILES string of the molecule is CCOC(F)=CC=C(C)C. The van der Waals surface area contributed by atoms with Crippen LogP contribution in [0.3, 0.4) is 0 Å². The molecule has 2 heteroatoms. The van der Waals surface area contributed by atoms with Crippen molar-refractivity contribution in [3.63, 3.8) is 0 Å². The Morgan fingerprint density at radius 1 is 1.40 bits per heavy atom. The first-order valence-electron chi connectivity index (χ1n) is 3.30. The standard InChI is InChI=1S/C8H13FO/c1-4-10-8(9)6-5-7(2)3/h5-6H,4H2,1-3H3. The molecule has 0 aliphatic rings. The molecule has 10 heavy (non-hydrogen) atoms. The minimum absolute atomic E-state index is 0.374. The fraction of sp³-hybridized carbons (Fsp3) is 0.500. The van der Waals surface area contributed by atoms with E-state index in [1.165, 1.54) is 6.08 Å². The summed E-state index contributed by atoms with van der Waals surface area (Å²) in [5.74, 6) is 0. The van der Waals surface area contributed by atoms with Gasteiger partial charge in [-0.15, -0.1) is 0 Å². The Labute approximate surface area is 61.2 Å². The Morgan fingerprint density at radius 3 is 2.40 bits per heavy atom. The largest absolute Gasteiger partial charge is 0.471 e. The van der Waals surface area contributed by atoms with Crippen molar-refractivity contribution in [2.24, 2.45) is 0 Å². The van der Waals surface area contributed by atoms with Crippen molar-refractivity contribution in [3.05, 3.63) is 23.7 Å². The molecule has 0 aliphatic heterocycles. The van der Waals surface area contributed by atoms with E-state index in [0.29, 0.717) is 6.61 Å². The normalized spacial score (nSPS) is 11.0. The van der Waals surface area contributed by atoms with Gasteiger partial charge in [0.1, 0.15) is 0 Å². The van der Waals surface area contributed by atoms with Crippen LogP contribution < -0.4 is 0 Å². The highest BCUT2D eigenvalue weighted by atomic mass is 19.1. The molecule has 0 saturated heterocycles. The minimum atomic E-state index is -0.524. The van der Waals surface area contributed by atoms with E-state index in [1.54, 1.807) is 13.0 Å². The summed E-state index contributed by atoms with van der Waals surface area (Å²) in [7, 11) is 0. The van der Waals surface area contributed by atoms with Crippen molar-refractivity contribution in [2.75, 3.05) is 6.61 Å². The molecule has 0 fully saturated rings. The third kappa shape index (κ3) is 5.35. The first-order valence-corrected chi connectivity index (χ1v) is 3.30. The Balaban J connectivity index is 3.79. The number of hydrogen-bond donors (Lipinski definition) is 0. The Hall–Kier alpha value is -0.790. The molecule has 58 valence electrons. The predicted octanol–water partition coefficient (Wildman–Crippen LogP) is 2.80. The predicted molar refractivity (Wildman–Crippen MR) is 40.2 cm³/mol. The van der Waals surface area contributed by atoms with Gasteiger partial charge in [0, 0.05) is 6.08 Å². The number of ether oxygens (including phenoxy) is 1. The molecule has 0 aromatic rings. The average Bonchev–Trinajstić information content (AvgIpc) is 1.85.